The van der Waals surface area contributed by atoms with Crippen molar-refractivity contribution in [1.82, 2.24) is 15.0 Å². The second-order valence-electron chi connectivity index (χ2n) is 4.25. The van der Waals surface area contributed by atoms with Crippen LogP contribution in [0.4, 0.5) is 10.1 Å². The van der Waals surface area contributed by atoms with Gasteiger partial charge in [-0.1, -0.05) is 5.92 Å². The summed E-state index contributed by atoms with van der Waals surface area (Å²) in [5.74, 6) is 1.36. The molecule has 6 heteroatoms. The quantitative estimate of drug-likeness (QED) is 0.708. The van der Waals surface area contributed by atoms with Gasteiger partial charge in [-0.3, -0.25) is 4.79 Å². The number of amides is 1. The maximum atomic E-state index is 13.3. The minimum atomic E-state index is -0.504. The van der Waals surface area contributed by atoms with Gasteiger partial charge in [0.15, 0.2) is 5.65 Å². The summed E-state index contributed by atoms with van der Waals surface area (Å²) >= 11 is 0. The Hall–Kier alpha value is -3.20. The van der Waals surface area contributed by atoms with E-state index in [9.17, 15) is 9.18 Å². The molecule has 0 saturated heterocycles. The molecule has 0 spiro atoms. The van der Waals surface area contributed by atoms with E-state index in [2.05, 4.69) is 26.2 Å². The lowest BCUT2D eigenvalue weighted by Gasteiger charge is -2.06. The SMILES string of the molecule is C#Cc1cc(NC(=O)c2ccnc3nc[nH]c23)ccc1F. The number of halogens is 1. The monoisotopic (exact) mass is 280 g/mol. The first kappa shape index (κ1) is 12.8. The number of terminal acetylenes is 1. The number of carbonyl (C=O) groups is 1. The predicted molar refractivity (Wildman–Crippen MR) is 76.2 cm³/mol. The van der Waals surface area contributed by atoms with E-state index < -0.39 is 5.82 Å². The van der Waals surface area contributed by atoms with Crippen LogP contribution in [0.25, 0.3) is 11.2 Å². The molecular formula is C15H9FN4O. The fourth-order valence-electron chi connectivity index (χ4n) is 1.95. The number of H-pyrrole nitrogens is 1. The number of nitrogens with zero attached hydrogens (tertiary/aromatic N) is 2. The average Bonchev–Trinajstić information content (AvgIpc) is 2.97. The van der Waals surface area contributed by atoms with Gasteiger partial charge in [-0.05, 0) is 24.3 Å². The van der Waals surface area contributed by atoms with Crippen LogP contribution in [-0.4, -0.2) is 20.9 Å². The number of hydrogen-bond donors (Lipinski definition) is 2. The van der Waals surface area contributed by atoms with Crippen molar-refractivity contribution in [2.24, 2.45) is 0 Å². The second kappa shape index (κ2) is 5.06. The molecule has 21 heavy (non-hydrogen) atoms. The van der Waals surface area contributed by atoms with Crippen molar-refractivity contribution in [3.8, 4) is 12.3 Å². The first-order chi connectivity index (χ1) is 10.2. The highest BCUT2D eigenvalue weighted by molar-refractivity contribution is 6.10. The van der Waals surface area contributed by atoms with Crippen LogP contribution < -0.4 is 5.32 Å². The van der Waals surface area contributed by atoms with Crippen LogP contribution in [0.3, 0.4) is 0 Å². The standard InChI is InChI=1S/C15H9FN4O/c1-2-9-7-10(3-4-12(9)16)20-15(21)11-5-6-17-14-13(11)18-8-19-14/h1,3-8H,(H,20,21)(H,17,18,19). The first-order valence-corrected chi connectivity index (χ1v) is 6.04. The summed E-state index contributed by atoms with van der Waals surface area (Å²) in [6, 6.07) is 5.63. The lowest BCUT2D eigenvalue weighted by molar-refractivity contribution is 0.102. The Labute approximate surface area is 119 Å². The maximum Gasteiger partial charge on any atom is 0.257 e. The van der Waals surface area contributed by atoms with Crippen molar-refractivity contribution in [2.75, 3.05) is 5.32 Å². The number of pyridine rings is 1. The number of nitrogens with one attached hydrogen (secondary N) is 2. The number of aromatic amines is 1. The number of anilines is 1. The average molecular weight is 280 g/mol. The van der Waals surface area contributed by atoms with Gasteiger partial charge in [-0.2, -0.15) is 0 Å². The molecule has 1 aromatic carbocycles. The topological polar surface area (TPSA) is 70.7 Å². The molecule has 3 aromatic rings. The van der Waals surface area contributed by atoms with E-state index in [0.29, 0.717) is 22.4 Å². The van der Waals surface area contributed by atoms with E-state index in [1.54, 1.807) is 6.07 Å². The Morgan fingerprint density at radius 3 is 3.00 bits per heavy atom. The molecule has 5 nitrogen and oxygen atoms in total. The minimum Gasteiger partial charge on any atom is -0.343 e. The van der Waals surface area contributed by atoms with Crippen LogP contribution in [0.2, 0.25) is 0 Å². The summed E-state index contributed by atoms with van der Waals surface area (Å²) < 4.78 is 13.3. The van der Waals surface area contributed by atoms with Gasteiger partial charge in [0.25, 0.3) is 5.91 Å². The molecule has 2 aromatic heterocycles. The smallest absolute Gasteiger partial charge is 0.257 e. The molecule has 0 bridgehead atoms. The summed E-state index contributed by atoms with van der Waals surface area (Å²) in [5, 5.41) is 2.67. The number of imidazole rings is 1. The zero-order valence-corrected chi connectivity index (χ0v) is 10.7. The van der Waals surface area contributed by atoms with Crippen molar-refractivity contribution in [2.45, 2.75) is 0 Å². The molecule has 2 heterocycles. The predicted octanol–water partition coefficient (Wildman–Crippen LogP) is 2.33. The van der Waals surface area contributed by atoms with Crippen LogP contribution in [0, 0.1) is 18.2 Å². The van der Waals surface area contributed by atoms with Crippen LogP contribution in [0.5, 0.6) is 0 Å². The van der Waals surface area contributed by atoms with E-state index in [0.717, 1.165) is 0 Å². The number of benzene rings is 1. The molecule has 0 aliphatic rings. The van der Waals surface area contributed by atoms with Gasteiger partial charge < -0.3 is 10.3 Å². The zero-order chi connectivity index (χ0) is 14.8. The summed E-state index contributed by atoms with van der Waals surface area (Å²) in [5.41, 5.74) is 1.89. The van der Waals surface area contributed by atoms with E-state index in [1.807, 2.05) is 0 Å². The summed E-state index contributed by atoms with van der Waals surface area (Å²) in [7, 11) is 0. The van der Waals surface area contributed by atoms with Gasteiger partial charge in [0, 0.05) is 11.9 Å². The van der Waals surface area contributed by atoms with Crippen LogP contribution in [-0.2, 0) is 0 Å². The molecule has 0 aliphatic carbocycles. The summed E-state index contributed by atoms with van der Waals surface area (Å²) in [4.78, 5) is 23.2. The molecule has 0 radical (unpaired) electrons. The largest absolute Gasteiger partial charge is 0.343 e. The molecule has 0 unspecified atom stereocenters. The molecule has 1 amide bonds. The number of rotatable bonds is 2. The van der Waals surface area contributed by atoms with Gasteiger partial charge in [0.2, 0.25) is 0 Å². The third kappa shape index (κ3) is 2.32. The fraction of sp³-hybridized carbons (Fsp3) is 0. The zero-order valence-electron chi connectivity index (χ0n) is 10.7. The van der Waals surface area contributed by atoms with Crippen molar-refractivity contribution < 1.29 is 9.18 Å². The molecule has 102 valence electrons. The van der Waals surface area contributed by atoms with Gasteiger partial charge in [-0.15, -0.1) is 6.42 Å². The van der Waals surface area contributed by atoms with E-state index >= 15 is 0 Å². The maximum absolute atomic E-state index is 13.3. The molecule has 2 N–H and O–H groups in total. The van der Waals surface area contributed by atoms with Crippen molar-refractivity contribution in [1.29, 1.82) is 0 Å². The van der Waals surface area contributed by atoms with E-state index in [4.69, 9.17) is 6.42 Å². The van der Waals surface area contributed by atoms with Gasteiger partial charge in [0.05, 0.1) is 23.0 Å². The van der Waals surface area contributed by atoms with Gasteiger partial charge >= 0.3 is 0 Å². The summed E-state index contributed by atoms with van der Waals surface area (Å²) in [6.45, 7) is 0. The molecule has 0 aliphatic heterocycles. The Balaban J connectivity index is 1.93. The van der Waals surface area contributed by atoms with Crippen molar-refractivity contribution in [3.63, 3.8) is 0 Å². The molecule has 3 rings (SSSR count). The molecule has 0 fully saturated rings. The number of fused-ring (bicyclic) bond motifs is 1. The Morgan fingerprint density at radius 1 is 1.33 bits per heavy atom. The van der Waals surface area contributed by atoms with Crippen LogP contribution in [0.1, 0.15) is 15.9 Å². The highest BCUT2D eigenvalue weighted by Crippen LogP contribution is 2.17. The summed E-state index contributed by atoms with van der Waals surface area (Å²) in [6.07, 6.45) is 8.15. The Morgan fingerprint density at radius 2 is 2.19 bits per heavy atom. The van der Waals surface area contributed by atoms with Gasteiger partial charge in [-0.25, -0.2) is 14.4 Å². The fourth-order valence-corrected chi connectivity index (χ4v) is 1.95. The Kier molecular flexibility index (Phi) is 3.09. The van der Waals surface area contributed by atoms with Crippen molar-refractivity contribution >= 4 is 22.8 Å². The van der Waals surface area contributed by atoms with Crippen molar-refractivity contribution in [3.05, 3.63) is 53.7 Å². The van der Waals surface area contributed by atoms with Crippen LogP contribution >= 0.6 is 0 Å². The highest BCUT2D eigenvalue weighted by atomic mass is 19.1. The Bertz CT molecular complexity index is 879. The number of aromatic nitrogens is 3. The molecule has 0 atom stereocenters. The minimum absolute atomic E-state index is 0.0919. The number of carbonyl (C=O) groups excluding carboxylic acids is 1. The first-order valence-electron chi connectivity index (χ1n) is 6.04. The lowest BCUT2D eigenvalue weighted by atomic mass is 10.1. The highest BCUT2D eigenvalue weighted by Gasteiger charge is 2.13. The van der Waals surface area contributed by atoms with Gasteiger partial charge in [0.1, 0.15) is 5.82 Å². The molecular weight excluding hydrogens is 271 g/mol. The molecule has 0 saturated carbocycles. The normalized spacial score (nSPS) is 10.3. The van der Waals surface area contributed by atoms with Crippen LogP contribution in [0.15, 0.2) is 36.8 Å². The van der Waals surface area contributed by atoms with E-state index in [-0.39, 0.29) is 11.5 Å². The lowest BCUT2D eigenvalue weighted by Crippen LogP contribution is -2.13. The van der Waals surface area contributed by atoms with E-state index in [1.165, 1.54) is 30.7 Å². The third-order valence-corrected chi connectivity index (χ3v) is 2.95. The third-order valence-electron chi connectivity index (χ3n) is 2.95. The second-order valence-corrected chi connectivity index (χ2v) is 4.25. The number of hydrogen-bond acceptors (Lipinski definition) is 3.